The smallest absolute Gasteiger partial charge is 0.185 e. The molecular formula is C12H15NO2. The van der Waals surface area contributed by atoms with Crippen LogP contribution in [0, 0.1) is 0 Å². The molecule has 0 aromatic heterocycles. The minimum Gasteiger partial charge on any atom is -0.508 e. The van der Waals surface area contributed by atoms with E-state index in [0.717, 1.165) is 5.56 Å². The Morgan fingerprint density at radius 3 is 2.73 bits per heavy atom. The quantitative estimate of drug-likeness (QED) is 0.602. The summed E-state index contributed by atoms with van der Waals surface area (Å²) in [5.74, 6) is 0.0827. The standard InChI is InChI=1S/C12H15NO2/c1-4-11(14)9-5-6-12(15)10(7-9)8-13(2)3/h4-7,15H,1,8H2,2-3H3. The fraction of sp³-hybridized carbons (Fsp3) is 0.250. The Hall–Kier alpha value is -1.61. The summed E-state index contributed by atoms with van der Waals surface area (Å²) in [6.45, 7) is 4.03. The first-order valence-corrected chi connectivity index (χ1v) is 4.68. The molecule has 15 heavy (non-hydrogen) atoms. The van der Waals surface area contributed by atoms with E-state index in [-0.39, 0.29) is 11.5 Å². The van der Waals surface area contributed by atoms with Gasteiger partial charge in [0.2, 0.25) is 0 Å². The summed E-state index contributed by atoms with van der Waals surface area (Å²) in [4.78, 5) is 13.3. The molecule has 3 heteroatoms. The predicted octanol–water partition coefficient (Wildman–Crippen LogP) is 1.82. The van der Waals surface area contributed by atoms with Crippen molar-refractivity contribution in [3.63, 3.8) is 0 Å². The van der Waals surface area contributed by atoms with Crippen LogP contribution in [0.15, 0.2) is 30.9 Å². The topological polar surface area (TPSA) is 40.5 Å². The number of carbonyl (C=O) groups excluding carboxylic acids is 1. The van der Waals surface area contributed by atoms with Crippen LogP contribution in [-0.4, -0.2) is 29.9 Å². The Kier molecular flexibility index (Phi) is 3.63. The summed E-state index contributed by atoms with van der Waals surface area (Å²) in [6.07, 6.45) is 1.27. The fourth-order valence-electron chi connectivity index (χ4n) is 1.32. The summed E-state index contributed by atoms with van der Waals surface area (Å²) >= 11 is 0. The lowest BCUT2D eigenvalue weighted by Gasteiger charge is -2.11. The van der Waals surface area contributed by atoms with Gasteiger partial charge in [0.15, 0.2) is 5.78 Å². The number of rotatable bonds is 4. The predicted molar refractivity (Wildman–Crippen MR) is 60.0 cm³/mol. The molecule has 0 bridgehead atoms. The molecule has 0 aliphatic heterocycles. The number of carbonyl (C=O) groups is 1. The van der Waals surface area contributed by atoms with Gasteiger partial charge in [0.25, 0.3) is 0 Å². The molecule has 1 aromatic carbocycles. The largest absolute Gasteiger partial charge is 0.508 e. The number of benzene rings is 1. The molecule has 0 saturated carbocycles. The third-order valence-corrected chi connectivity index (χ3v) is 2.04. The Labute approximate surface area is 89.6 Å². The van der Waals surface area contributed by atoms with Crippen LogP contribution in [0.25, 0.3) is 0 Å². The molecule has 0 aliphatic rings. The molecule has 3 nitrogen and oxygen atoms in total. The highest BCUT2D eigenvalue weighted by molar-refractivity contribution is 6.04. The second-order valence-electron chi connectivity index (χ2n) is 3.65. The van der Waals surface area contributed by atoms with E-state index in [0.29, 0.717) is 12.1 Å². The van der Waals surface area contributed by atoms with Crippen LogP contribution in [0.4, 0.5) is 0 Å². The van der Waals surface area contributed by atoms with Crippen LogP contribution >= 0.6 is 0 Å². The van der Waals surface area contributed by atoms with Crippen molar-refractivity contribution >= 4 is 5.78 Å². The number of nitrogens with zero attached hydrogens (tertiary/aromatic N) is 1. The zero-order chi connectivity index (χ0) is 11.4. The lowest BCUT2D eigenvalue weighted by atomic mass is 10.1. The van der Waals surface area contributed by atoms with Crippen LogP contribution in [0.2, 0.25) is 0 Å². The lowest BCUT2D eigenvalue weighted by Crippen LogP contribution is -2.11. The first-order valence-electron chi connectivity index (χ1n) is 4.68. The summed E-state index contributed by atoms with van der Waals surface area (Å²) in [5.41, 5.74) is 1.30. The lowest BCUT2D eigenvalue weighted by molar-refractivity contribution is 0.104. The number of hydrogen-bond donors (Lipinski definition) is 1. The summed E-state index contributed by atoms with van der Waals surface area (Å²) in [5, 5.41) is 9.57. The number of aromatic hydroxyl groups is 1. The molecule has 1 aromatic rings. The average Bonchev–Trinajstić information content (AvgIpc) is 2.19. The number of phenolic OH excluding ortho intramolecular Hbond substituents is 1. The Morgan fingerprint density at radius 1 is 1.53 bits per heavy atom. The SMILES string of the molecule is C=CC(=O)c1ccc(O)c(CN(C)C)c1. The van der Waals surface area contributed by atoms with Gasteiger partial charge in [0.05, 0.1) is 0 Å². The van der Waals surface area contributed by atoms with Gasteiger partial charge < -0.3 is 10.0 Å². The van der Waals surface area contributed by atoms with E-state index in [2.05, 4.69) is 6.58 Å². The second-order valence-corrected chi connectivity index (χ2v) is 3.65. The van der Waals surface area contributed by atoms with Crippen LogP contribution in [-0.2, 0) is 6.54 Å². The zero-order valence-electron chi connectivity index (χ0n) is 9.03. The highest BCUT2D eigenvalue weighted by Gasteiger charge is 2.07. The highest BCUT2D eigenvalue weighted by atomic mass is 16.3. The Bertz CT molecular complexity index is 383. The number of hydrogen-bond acceptors (Lipinski definition) is 3. The van der Waals surface area contributed by atoms with Crippen molar-refractivity contribution in [2.24, 2.45) is 0 Å². The van der Waals surface area contributed by atoms with Crippen LogP contribution in [0.3, 0.4) is 0 Å². The van der Waals surface area contributed by atoms with Gasteiger partial charge in [0, 0.05) is 17.7 Å². The van der Waals surface area contributed by atoms with Gasteiger partial charge in [-0.15, -0.1) is 0 Å². The highest BCUT2D eigenvalue weighted by Crippen LogP contribution is 2.20. The van der Waals surface area contributed by atoms with Gasteiger partial charge in [-0.2, -0.15) is 0 Å². The molecule has 0 radical (unpaired) electrons. The van der Waals surface area contributed by atoms with Crippen molar-refractivity contribution in [3.05, 3.63) is 42.0 Å². The zero-order valence-corrected chi connectivity index (χ0v) is 9.03. The summed E-state index contributed by atoms with van der Waals surface area (Å²) < 4.78 is 0. The summed E-state index contributed by atoms with van der Waals surface area (Å²) in [6, 6.07) is 4.83. The van der Waals surface area contributed by atoms with E-state index in [9.17, 15) is 9.90 Å². The first-order chi connectivity index (χ1) is 7.04. The maximum absolute atomic E-state index is 11.3. The van der Waals surface area contributed by atoms with Crippen molar-refractivity contribution in [3.8, 4) is 5.75 Å². The van der Waals surface area contributed by atoms with Crippen LogP contribution in [0.1, 0.15) is 15.9 Å². The maximum atomic E-state index is 11.3. The molecule has 0 atom stereocenters. The van der Waals surface area contributed by atoms with Gasteiger partial charge in [0.1, 0.15) is 5.75 Å². The molecule has 0 spiro atoms. The average molecular weight is 205 g/mol. The third kappa shape index (κ3) is 2.92. The maximum Gasteiger partial charge on any atom is 0.185 e. The van der Waals surface area contributed by atoms with E-state index in [4.69, 9.17) is 0 Å². The van der Waals surface area contributed by atoms with E-state index in [1.807, 2.05) is 19.0 Å². The minimum absolute atomic E-state index is 0.130. The van der Waals surface area contributed by atoms with Crippen molar-refractivity contribution in [1.29, 1.82) is 0 Å². The fourth-order valence-corrected chi connectivity index (χ4v) is 1.32. The summed E-state index contributed by atoms with van der Waals surface area (Å²) in [7, 11) is 3.81. The Morgan fingerprint density at radius 2 is 2.20 bits per heavy atom. The number of allylic oxidation sites excluding steroid dienone is 1. The molecule has 0 aliphatic carbocycles. The van der Waals surface area contributed by atoms with E-state index >= 15 is 0 Å². The molecule has 0 saturated heterocycles. The van der Waals surface area contributed by atoms with E-state index < -0.39 is 0 Å². The van der Waals surface area contributed by atoms with E-state index in [1.165, 1.54) is 12.1 Å². The molecule has 0 heterocycles. The van der Waals surface area contributed by atoms with E-state index in [1.54, 1.807) is 12.1 Å². The van der Waals surface area contributed by atoms with Gasteiger partial charge in [-0.25, -0.2) is 0 Å². The molecule has 0 unspecified atom stereocenters. The minimum atomic E-state index is -0.130. The van der Waals surface area contributed by atoms with Crippen LogP contribution in [0.5, 0.6) is 5.75 Å². The number of ketones is 1. The first kappa shape index (κ1) is 11.5. The normalized spacial score (nSPS) is 10.3. The van der Waals surface area contributed by atoms with Gasteiger partial charge in [-0.1, -0.05) is 6.58 Å². The van der Waals surface area contributed by atoms with Gasteiger partial charge in [-0.05, 0) is 38.4 Å². The molecule has 80 valence electrons. The van der Waals surface area contributed by atoms with Crippen molar-refractivity contribution in [2.45, 2.75) is 6.54 Å². The molecule has 1 rings (SSSR count). The molecule has 1 N–H and O–H groups in total. The van der Waals surface area contributed by atoms with Crippen molar-refractivity contribution in [1.82, 2.24) is 4.90 Å². The number of phenols is 1. The Balaban J connectivity index is 3.04. The second kappa shape index (κ2) is 4.75. The van der Waals surface area contributed by atoms with Crippen LogP contribution < -0.4 is 0 Å². The molecule has 0 amide bonds. The third-order valence-electron chi connectivity index (χ3n) is 2.04. The monoisotopic (exact) mass is 205 g/mol. The van der Waals surface area contributed by atoms with Gasteiger partial charge in [-0.3, -0.25) is 4.79 Å². The molecule has 0 fully saturated rings. The van der Waals surface area contributed by atoms with Crippen molar-refractivity contribution < 1.29 is 9.90 Å². The molecular weight excluding hydrogens is 190 g/mol. The van der Waals surface area contributed by atoms with Crippen molar-refractivity contribution in [2.75, 3.05) is 14.1 Å². The van der Waals surface area contributed by atoms with Gasteiger partial charge >= 0.3 is 0 Å².